The van der Waals surface area contributed by atoms with E-state index in [2.05, 4.69) is 45.0 Å². The predicted molar refractivity (Wildman–Crippen MR) is 80.0 cm³/mol. The van der Waals surface area contributed by atoms with Gasteiger partial charge in [-0.15, -0.1) is 0 Å². The first-order chi connectivity index (χ1) is 8.97. The molecule has 0 bridgehead atoms. The van der Waals surface area contributed by atoms with Crippen molar-refractivity contribution in [3.05, 3.63) is 41.5 Å². The number of rotatable bonds is 2. The van der Waals surface area contributed by atoms with Gasteiger partial charge in [0, 0.05) is 19.2 Å². The number of amides is 1. The number of nitrogens with zero attached hydrogens (tertiary/aromatic N) is 1. The largest absolute Gasteiger partial charge is 0.339 e. The maximum Gasteiger partial charge on any atom is 0.246 e. The van der Waals surface area contributed by atoms with Gasteiger partial charge < -0.3 is 4.90 Å². The molecule has 0 spiro atoms. The third-order valence-electron chi connectivity index (χ3n) is 3.61. The van der Waals surface area contributed by atoms with Crippen molar-refractivity contribution in [2.45, 2.75) is 39.0 Å². The summed E-state index contributed by atoms with van der Waals surface area (Å²) in [6.45, 7) is 8.43. The molecule has 2 heteroatoms. The number of likely N-dealkylation sites (tertiary alicyclic amines) is 1. The van der Waals surface area contributed by atoms with Gasteiger partial charge in [0.1, 0.15) is 0 Å². The molecule has 1 saturated heterocycles. The van der Waals surface area contributed by atoms with Gasteiger partial charge in [-0.1, -0.05) is 45.0 Å². The standard InChI is InChI=1S/C17H23NO/c1-17(2,3)15-9-6-14(7-10-15)8-11-16(19)18-12-4-5-13-18/h6-11H,4-5,12-13H2,1-3H3. The number of hydrogen-bond donors (Lipinski definition) is 0. The van der Waals surface area contributed by atoms with Gasteiger partial charge >= 0.3 is 0 Å². The molecule has 0 aromatic heterocycles. The second-order valence-electron chi connectivity index (χ2n) is 6.24. The average molecular weight is 257 g/mol. The highest BCUT2D eigenvalue weighted by Crippen LogP contribution is 2.22. The third kappa shape index (κ3) is 3.69. The van der Waals surface area contributed by atoms with Crippen LogP contribution in [-0.2, 0) is 10.2 Å². The summed E-state index contributed by atoms with van der Waals surface area (Å²) in [6.07, 6.45) is 5.88. The van der Waals surface area contributed by atoms with Crippen LogP contribution in [0.4, 0.5) is 0 Å². The Kier molecular flexibility index (Phi) is 4.08. The fraction of sp³-hybridized carbons (Fsp3) is 0.471. The first kappa shape index (κ1) is 13.9. The van der Waals surface area contributed by atoms with Gasteiger partial charge in [0.15, 0.2) is 0 Å². The van der Waals surface area contributed by atoms with Crippen molar-refractivity contribution in [3.63, 3.8) is 0 Å². The molecule has 1 aliphatic rings. The molecule has 2 nitrogen and oxygen atoms in total. The normalized spacial score (nSPS) is 16.3. The van der Waals surface area contributed by atoms with Crippen molar-refractivity contribution in [3.8, 4) is 0 Å². The molecular weight excluding hydrogens is 234 g/mol. The van der Waals surface area contributed by atoms with E-state index in [1.165, 1.54) is 5.56 Å². The van der Waals surface area contributed by atoms with Crippen LogP contribution in [0.3, 0.4) is 0 Å². The Hall–Kier alpha value is -1.57. The Balaban J connectivity index is 2.01. The minimum Gasteiger partial charge on any atom is -0.339 e. The van der Waals surface area contributed by atoms with Gasteiger partial charge in [-0.05, 0) is 35.5 Å². The van der Waals surface area contributed by atoms with E-state index in [0.29, 0.717) is 0 Å². The maximum absolute atomic E-state index is 11.9. The minimum absolute atomic E-state index is 0.136. The highest BCUT2D eigenvalue weighted by Gasteiger charge is 2.15. The van der Waals surface area contributed by atoms with Crippen molar-refractivity contribution in [2.75, 3.05) is 13.1 Å². The first-order valence-corrected chi connectivity index (χ1v) is 7.04. The van der Waals surface area contributed by atoms with Crippen LogP contribution in [0, 0.1) is 0 Å². The van der Waals surface area contributed by atoms with E-state index in [9.17, 15) is 4.79 Å². The van der Waals surface area contributed by atoms with Crippen LogP contribution in [0.25, 0.3) is 6.08 Å². The lowest BCUT2D eigenvalue weighted by atomic mass is 9.87. The maximum atomic E-state index is 11.9. The van der Waals surface area contributed by atoms with Gasteiger partial charge in [0.25, 0.3) is 0 Å². The zero-order valence-electron chi connectivity index (χ0n) is 12.1. The van der Waals surface area contributed by atoms with E-state index in [1.807, 2.05) is 11.0 Å². The highest BCUT2D eigenvalue weighted by molar-refractivity contribution is 5.91. The van der Waals surface area contributed by atoms with Crippen LogP contribution in [0.2, 0.25) is 0 Å². The Morgan fingerprint density at radius 2 is 1.68 bits per heavy atom. The zero-order valence-corrected chi connectivity index (χ0v) is 12.1. The number of carbonyl (C=O) groups excluding carboxylic acids is 1. The molecule has 1 fully saturated rings. The lowest BCUT2D eigenvalue weighted by Crippen LogP contribution is -2.25. The molecule has 1 heterocycles. The number of carbonyl (C=O) groups is 1. The summed E-state index contributed by atoms with van der Waals surface area (Å²) in [5.74, 6) is 0.136. The van der Waals surface area contributed by atoms with Crippen molar-refractivity contribution < 1.29 is 4.79 Å². The summed E-state index contributed by atoms with van der Waals surface area (Å²) < 4.78 is 0. The molecule has 1 aromatic carbocycles. The summed E-state index contributed by atoms with van der Waals surface area (Å²) in [6, 6.07) is 8.43. The first-order valence-electron chi connectivity index (χ1n) is 7.04. The SMILES string of the molecule is CC(C)(C)c1ccc(C=CC(=O)N2CCCC2)cc1. The molecule has 0 aliphatic carbocycles. The van der Waals surface area contributed by atoms with E-state index in [1.54, 1.807) is 6.08 Å². The van der Waals surface area contributed by atoms with Crippen LogP contribution >= 0.6 is 0 Å². The molecule has 0 radical (unpaired) electrons. The van der Waals surface area contributed by atoms with Crippen LogP contribution in [-0.4, -0.2) is 23.9 Å². The summed E-state index contributed by atoms with van der Waals surface area (Å²) in [7, 11) is 0. The van der Waals surface area contributed by atoms with Gasteiger partial charge in [-0.25, -0.2) is 0 Å². The van der Waals surface area contributed by atoms with Crippen LogP contribution in [0.15, 0.2) is 30.3 Å². The van der Waals surface area contributed by atoms with E-state index in [4.69, 9.17) is 0 Å². The van der Waals surface area contributed by atoms with E-state index in [-0.39, 0.29) is 11.3 Å². The molecule has 1 aromatic rings. The molecule has 102 valence electrons. The molecule has 2 rings (SSSR count). The van der Waals surface area contributed by atoms with E-state index in [0.717, 1.165) is 31.5 Å². The monoisotopic (exact) mass is 257 g/mol. The van der Waals surface area contributed by atoms with Gasteiger partial charge in [0.05, 0.1) is 0 Å². The van der Waals surface area contributed by atoms with Gasteiger partial charge in [0.2, 0.25) is 5.91 Å². The predicted octanol–water partition coefficient (Wildman–Crippen LogP) is 3.62. The van der Waals surface area contributed by atoms with Crippen LogP contribution in [0.1, 0.15) is 44.7 Å². The summed E-state index contributed by atoms with van der Waals surface area (Å²) in [5.41, 5.74) is 2.57. The van der Waals surface area contributed by atoms with Crippen molar-refractivity contribution in [2.24, 2.45) is 0 Å². The Morgan fingerprint density at radius 1 is 1.11 bits per heavy atom. The average Bonchev–Trinajstić information content (AvgIpc) is 2.89. The number of benzene rings is 1. The van der Waals surface area contributed by atoms with Crippen molar-refractivity contribution >= 4 is 12.0 Å². The Morgan fingerprint density at radius 3 is 2.21 bits per heavy atom. The molecular formula is C17H23NO. The quantitative estimate of drug-likeness (QED) is 0.741. The summed E-state index contributed by atoms with van der Waals surface area (Å²) in [5, 5.41) is 0. The lowest BCUT2D eigenvalue weighted by Gasteiger charge is -2.18. The highest BCUT2D eigenvalue weighted by atomic mass is 16.2. The second kappa shape index (κ2) is 5.60. The molecule has 19 heavy (non-hydrogen) atoms. The van der Waals surface area contributed by atoms with Gasteiger partial charge in [-0.2, -0.15) is 0 Å². The molecule has 0 unspecified atom stereocenters. The molecule has 0 atom stereocenters. The van der Waals surface area contributed by atoms with Gasteiger partial charge in [-0.3, -0.25) is 4.79 Å². The van der Waals surface area contributed by atoms with Crippen molar-refractivity contribution in [1.82, 2.24) is 4.90 Å². The third-order valence-corrected chi connectivity index (χ3v) is 3.61. The summed E-state index contributed by atoms with van der Waals surface area (Å²) >= 11 is 0. The molecule has 1 aliphatic heterocycles. The second-order valence-corrected chi connectivity index (χ2v) is 6.24. The smallest absolute Gasteiger partial charge is 0.246 e. The minimum atomic E-state index is 0.136. The lowest BCUT2D eigenvalue weighted by molar-refractivity contribution is -0.124. The molecule has 1 amide bonds. The van der Waals surface area contributed by atoms with E-state index < -0.39 is 0 Å². The molecule has 0 saturated carbocycles. The van der Waals surface area contributed by atoms with Crippen LogP contribution in [0.5, 0.6) is 0 Å². The summed E-state index contributed by atoms with van der Waals surface area (Å²) in [4.78, 5) is 13.8. The van der Waals surface area contributed by atoms with Crippen molar-refractivity contribution in [1.29, 1.82) is 0 Å². The Labute approximate surface area is 116 Å². The topological polar surface area (TPSA) is 20.3 Å². The number of hydrogen-bond acceptors (Lipinski definition) is 1. The zero-order chi connectivity index (χ0) is 13.9. The fourth-order valence-electron chi connectivity index (χ4n) is 2.30. The fourth-order valence-corrected chi connectivity index (χ4v) is 2.30. The molecule has 0 N–H and O–H groups in total. The Bertz CT molecular complexity index is 459. The van der Waals surface area contributed by atoms with E-state index >= 15 is 0 Å². The van der Waals surface area contributed by atoms with Crippen LogP contribution < -0.4 is 0 Å².